The summed E-state index contributed by atoms with van der Waals surface area (Å²) in [7, 11) is 0. The predicted molar refractivity (Wildman–Crippen MR) is 93.1 cm³/mol. The molecule has 0 bridgehead atoms. The van der Waals surface area contributed by atoms with Crippen molar-refractivity contribution in [1.29, 1.82) is 0 Å². The minimum atomic E-state index is -0.110. The third kappa shape index (κ3) is 17.5. The molecule has 3 nitrogen and oxygen atoms in total. The lowest BCUT2D eigenvalue weighted by Gasteiger charge is -2.06. The molecule has 22 heavy (non-hydrogen) atoms. The van der Waals surface area contributed by atoms with Crippen molar-refractivity contribution in [3.63, 3.8) is 0 Å². The van der Waals surface area contributed by atoms with Crippen molar-refractivity contribution >= 4 is 5.97 Å². The second kappa shape index (κ2) is 18.5. The first-order valence-corrected chi connectivity index (χ1v) is 9.54. The molecule has 0 aliphatic heterocycles. The summed E-state index contributed by atoms with van der Waals surface area (Å²) in [5, 5.41) is 0. The van der Waals surface area contributed by atoms with Gasteiger partial charge in [0.2, 0.25) is 0 Å². The molecule has 0 aliphatic rings. The number of unbranched alkanes of at least 4 members (excludes halogenated alkanes) is 10. The van der Waals surface area contributed by atoms with Gasteiger partial charge in [-0.05, 0) is 12.8 Å². The van der Waals surface area contributed by atoms with Crippen LogP contribution in [-0.4, -0.2) is 25.8 Å². The highest BCUT2D eigenvalue weighted by Gasteiger charge is 1.99. The molecule has 0 aromatic heterocycles. The van der Waals surface area contributed by atoms with E-state index in [1.807, 2.05) is 6.92 Å². The molecule has 0 aliphatic carbocycles. The zero-order valence-electron chi connectivity index (χ0n) is 15.0. The first-order chi connectivity index (χ1) is 10.8. The van der Waals surface area contributed by atoms with Crippen LogP contribution in [0.1, 0.15) is 97.3 Å². The van der Waals surface area contributed by atoms with Crippen molar-refractivity contribution in [2.45, 2.75) is 97.3 Å². The van der Waals surface area contributed by atoms with Crippen molar-refractivity contribution in [2.75, 3.05) is 19.8 Å². The van der Waals surface area contributed by atoms with Crippen LogP contribution in [0.15, 0.2) is 0 Å². The molecule has 0 spiro atoms. The first kappa shape index (κ1) is 21.4. The molecule has 0 amide bonds. The van der Waals surface area contributed by atoms with Gasteiger partial charge < -0.3 is 9.47 Å². The Balaban J connectivity index is 3.01. The monoisotopic (exact) mass is 314 g/mol. The van der Waals surface area contributed by atoms with Crippen molar-refractivity contribution in [3.8, 4) is 0 Å². The lowest BCUT2D eigenvalue weighted by atomic mass is 10.1. The summed E-state index contributed by atoms with van der Waals surface area (Å²) in [5.74, 6) is -0.110. The molecule has 0 heterocycles. The van der Waals surface area contributed by atoms with E-state index >= 15 is 0 Å². The Morgan fingerprint density at radius 3 is 1.73 bits per heavy atom. The topological polar surface area (TPSA) is 35.5 Å². The molecule has 0 rings (SSSR count). The smallest absolute Gasteiger partial charge is 0.305 e. The van der Waals surface area contributed by atoms with Gasteiger partial charge in [0.05, 0.1) is 6.61 Å². The van der Waals surface area contributed by atoms with Crippen molar-refractivity contribution in [3.05, 3.63) is 0 Å². The Morgan fingerprint density at radius 1 is 0.636 bits per heavy atom. The van der Waals surface area contributed by atoms with Crippen LogP contribution in [0.4, 0.5) is 0 Å². The number of carbonyl (C=O) groups is 1. The van der Waals surface area contributed by atoms with E-state index in [4.69, 9.17) is 9.47 Å². The van der Waals surface area contributed by atoms with E-state index in [1.165, 1.54) is 64.2 Å². The Kier molecular flexibility index (Phi) is 18.0. The molecule has 0 radical (unpaired) electrons. The summed E-state index contributed by atoms with van der Waals surface area (Å²) < 4.78 is 10.5. The number of rotatable bonds is 17. The molecule has 3 heteroatoms. The van der Waals surface area contributed by atoms with Gasteiger partial charge in [-0.3, -0.25) is 4.79 Å². The van der Waals surface area contributed by atoms with Crippen LogP contribution < -0.4 is 0 Å². The summed E-state index contributed by atoms with van der Waals surface area (Å²) >= 11 is 0. The van der Waals surface area contributed by atoms with Crippen LogP contribution in [0, 0.1) is 0 Å². The van der Waals surface area contributed by atoms with Gasteiger partial charge in [-0.25, -0.2) is 0 Å². The molecule has 0 aromatic carbocycles. The fourth-order valence-electron chi connectivity index (χ4n) is 2.46. The highest BCUT2D eigenvalue weighted by Crippen LogP contribution is 2.11. The first-order valence-electron chi connectivity index (χ1n) is 9.54. The SMILES string of the molecule is CCCCCCCCCCCCCOCCOC(=O)CCC. The molecular weight excluding hydrogens is 276 g/mol. The average Bonchev–Trinajstić information content (AvgIpc) is 2.51. The van der Waals surface area contributed by atoms with Crippen LogP contribution in [0.3, 0.4) is 0 Å². The van der Waals surface area contributed by atoms with E-state index in [-0.39, 0.29) is 5.97 Å². The van der Waals surface area contributed by atoms with E-state index < -0.39 is 0 Å². The maximum atomic E-state index is 11.1. The van der Waals surface area contributed by atoms with Crippen LogP contribution in [0.25, 0.3) is 0 Å². The van der Waals surface area contributed by atoms with Gasteiger partial charge in [0.25, 0.3) is 0 Å². The quantitative estimate of drug-likeness (QED) is 0.257. The van der Waals surface area contributed by atoms with Crippen LogP contribution in [-0.2, 0) is 14.3 Å². The van der Waals surface area contributed by atoms with Crippen LogP contribution >= 0.6 is 0 Å². The summed E-state index contributed by atoms with van der Waals surface area (Å²) in [5.41, 5.74) is 0. The van der Waals surface area contributed by atoms with E-state index in [9.17, 15) is 4.79 Å². The highest BCUT2D eigenvalue weighted by molar-refractivity contribution is 5.69. The van der Waals surface area contributed by atoms with Crippen molar-refractivity contribution in [1.82, 2.24) is 0 Å². The normalized spacial score (nSPS) is 10.8. The Hall–Kier alpha value is -0.570. The summed E-state index contributed by atoms with van der Waals surface area (Å²) in [6.45, 7) is 5.97. The van der Waals surface area contributed by atoms with Gasteiger partial charge in [0.1, 0.15) is 6.61 Å². The van der Waals surface area contributed by atoms with E-state index in [0.29, 0.717) is 19.6 Å². The zero-order valence-corrected chi connectivity index (χ0v) is 15.0. The molecule has 0 saturated heterocycles. The summed E-state index contributed by atoms with van der Waals surface area (Å²) in [6.07, 6.45) is 16.2. The zero-order chi connectivity index (χ0) is 16.3. The summed E-state index contributed by atoms with van der Waals surface area (Å²) in [4.78, 5) is 11.1. The number of ether oxygens (including phenoxy) is 2. The Bertz CT molecular complexity index is 229. The fourth-order valence-corrected chi connectivity index (χ4v) is 2.46. The molecule has 0 unspecified atom stereocenters. The molecule has 0 atom stereocenters. The average molecular weight is 315 g/mol. The van der Waals surface area contributed by atoms with E-state index in [2.05, 4.69) is 6.92 Å². The van der Waals surface area contributed by atoms with Crippen molar-refractivity contribution in [2.24, 2.45) is 0 Å². The lowest BCUT2D eigenvalue weighted by Crippen LogP contribution is -2.10. The predicted octanol–water partition coefficient (Wildman–Crippen LogP) is 5.66. The Morgan fingerprint density at radius 2 is 1.18 bits per heavy atom. The molecule has 0 N–H and O–H groups in total. The largest absolute Gasteiger partial charge is 0.463 e. The molecule has 0 saturated carbocycles. The number of hydrogen-bond acceptors (Lipinski definition) is 3. The van der Waals surface area contributed by atoms with Gasteiger partial charge in [-0.1, -0.05) is 78.1 Å². The molecule has 0 fully saturated rings. The van der Waals surface area contributed by atoms with Gasteiger partial charge in [0.15, 0.2) is 0 Å². The van der Waals surface area contributed by atoms with E-state index in [0.717, 1.165) is 19.4 Å². The molecule has 132 valence electrons. The van der Waals surface area contributed by atoms with Gasteiger partial charge in [-0.15, -0.1) is 0 Å². The highest BCUT2D eigenvalue weighted by atomic mass is 16.6. The van der Waals surface area contributed by atoms with Gasteiger partial charge >= 0.3 is 5.97 Å². The Labute approximate surface area is 138 Å². The standard InChI is InChI=1S/C19H38O3/c1-3-5-6-7-8-9-10-11-12-13-14-16-21-17-18-22-19(20)15-4-2/h3-18H2,1-2H3. The van der Waals surface area contributed by atoms with Gasteiger partial charge in [-0.2, -0.15) is 0 Å². The number of carbonyl (C=O) groups excluding carboxylic acids is 1. The maximum Gasteiger partial charge on any atom is 0.305 e. The fraction of sp³-hybridized carbons (Fsp3) is 0.947. The van der Waals surface area contributed by atoms with Gasteiger partial charge in [0, 0.05) is 13.0 Å². The third-order valence-corrected chi connectivity index (χ3v) is 3.84. The minimum absolute atomic E-state index is 0.110. The lowest BCUT2D eigenvalue weighted by molar-refractivity contribution is -0.145. The third-order valence-electron chi connectivity index (χ3n) is 3.84. The number of esters is 1. The van der Waals surface area contributed by atoms with Crippen LogP contribution in [0.5, 0.6) is 0 Å². The maximum absolute atomic E-state index is 11.1. The van der Waals surface area contributed by atoms with E-state index in [1.54, 1.807) is 0 Å². The molecule has 0 aromatic rings. The summed E-state index contributed by atoms with van der Waals surface area (Å²) in [6, 6.07) is 0. The minimum Gasteiger partial charge on any atom is -0.463 e. The van der Waals surface area contributed by atoms with Crippen LogP contribution in [0.2, 0.25) is 0 Å². The number of hydrogen-bond donors (Lipinski definition) is 0. The molecular formula is C19H38O3. The van der Waals surface area contributed by atoms with Crippen molar-refractivity contribution < 1.29 is 14.3 Å². The second-order valence-electron chi connectivity index (χ2n) is 6.12. The second-order valence-corrected chi connectivity index (χ2v) is 6.12.